The summed E-state index contributed by atoms with van der Waals surface area (Å²) >= 11 is 0. The van der Waals surface area contributed by atoms with Crippen molar-refractivity contribution in [2.24, 2.45) is 27.2 Å². The van der Waals surface area contributed by atoms with E-state index in [2.05, 4.69) is 72.5 Å². The third kappa shape index (κ3) is 7.14. The van der Waals surface area contributed by atoms with E-state index in [1.54, 1.807) is 12.1 Å². The van der Waals surface area contributed by atoms with E-state index in [1.807, 2.05) is 12.1 Å². The van der Waals surface area contributed by atoms with E-state index in [-0.39, 0.29) is 33.8 Å². The van der Waals surface area contributed by atoms with E-state index >= 15 is 0 Å². The average Bonchev–Trinajstić information content (AvgIpc) is 3.02. The van der Waals surface area contributed by atoms with Gasteiger partial charge in [-0.3, -0.25) is 9.79 Å². The Kier molecular flexibility index (Phi) is 8.22. The summed E-state index contributed by atoms with van der Waals surface area (Å²) in [7, 11) is 0. The van der Waals surface area contributed by atoms with Crippen molar-refractivity contribution < 1.29 is 14.7 Å². The fraction of sp³-hybridized carbons (Fsp3) is 0.710. The van der Waals surface area contributed by atoms with Crippen molar-refractivity contribution in [2.45, 2.75) is 113 Å². The zero-order chi connectivity index (χ0) is 27.8. The lowest BCUT2D eigenvalue weighted by molar-refractivity contribution is -0.133. The van der Waals surface area contributed by atoms with Crippen molar-refractivity contribution in [1.29, 1.82) is 0 Å². The first kappa shape index (κ1) is 29.2. The Balaban J connectivity index is 2.06. The predicted octanol–water partition coefficient (Wildman–Crippen LogP) is 7.06. The molecule has 1 saturated carbocycles. The Morgan fingerprint density at radius 2 is 1.59 bits per heavy atom. The average molecular weight is 512 g/mol. The molecule has 0 bridgehead atoms. The number of benzene rings is 1. The smallest absolute Gasteiger partial charge is 0.335 e. The number of carbonyl (C=O) groups excluding carboxylic acids is 1. The minimum atomic E-state index is -0.940. The molecule has 1 aliphatic carbocycles. The Bertz CT molecular complexity index is 998. The molecular weight excluding hydrogens is 462 g/mol. The maximum Gasteiger partial charge on any atom is 0.335 e. The molecule has 1 saturated heterocycles. The van der Waals surface area contributed by atoms with Gasteiger partial charge >= 0.3 is 5.97 Å². The third-order valence-electron chi connectivity index (χ3n) is 8.00. The molecule has 37 heavy (non-hydrogen) atoms. The zero-order valence-corrected chi connectivity index (χ0v) is 24.6. The van der Waals surface area contributed by atoms with Crippen molar-refractivity contribution in [2.75, 3.05) is 6.54 Å². The van der Waals surface area contributed by atoms with Gasteiger partial charge in [-0.2, -0.15) is 0 Å². The maximum atomic E-state index is 14.1. The SMILES string of the molecule is CC(C)(C)CCC(c1ccc(C(=O)O)cc1)N1C(=O)C(=NCC(C)(C)C)NC12CCC(C(C)(C)C)CC2. The first-order valence-corrected chi connectivity index (χ1v) is 13.9. The van der Waals surface area contributed by atoms with Gasteiger partial charge in [0.2, 0.25) is 0 Å². The molecule has 0 aromatic heterocycles. The van der Waals surface area contributed by atoms with Gasteiger partial charge in [-0.25, -0.2) is 4.79 Å². The first-order valence-electron chi connectivity index (χ1n) is 13.9. The van der Waals surface area contributed by atoms with Gasteiger partial charge in [-0.1, -0.05) is 74.4 Å². The molecule has 3 rings (SSSR count). The van der Waals surface area contributed by atoms with E-state index in [4.69, 9.17) is 4.99 Å². The molecule has 206 valence electrons. The minimum Gasteiger partial charge on any atom is -0.478 e. The van der Waals surface area contributed by atoms with Gasteiger partial charge in [0.15, 0.2) is 5.84 Å². The number of aromatic carboxylic acids is 1. The first-order chi connectivity index (χ1) is 16.9. The number of nitrogens with one attached hydrogen (secondary N) is 1. The summed E-state index contributed by atoms with van der Waals surface area (Å²) in [5, 5.41) is 13.1. The maximum absolute atomic E-state index is 14.1. The van der Waals surface area contributed by atoms with Crippen molar-refractivity contribution >= 4 is 17.7 Å². The summed E-state index contributed by atoms with van der Waals surface area (Å²) in [6.07, 6.45) is 5.62. The molecule has 0 radical (unpaired) electrons. The monoisotopic (exact) mass is 511 g/mol. The van der Waals surface area contributed by atoms with E-state index in [9.17, 15) is 14.7 Å². The van der Waals surface area contributed by atoms with Crippen molar-refractivity contribution in [3.05, 3.63) is 35.4 Å². The molecule has 1 heterocycles. The number of carbonyl (C=O) groups is 2. The van der Waals surface area contributed by atoms with Crippen LogP contribution in [0.1, 0.15) is 123 Å². The molecule has 1 atom stereocenters. The lowest BCUT2D eigenvalue weighted by Crippen LogP contribution is -2.56. The topological polar surface area (TPSA) is 82.0 Å². The number of aliphatic imine (C=N–C) groups is 1. The van der Waals surface area contributed by atoms with Gasteiger partial charge in [0, 0.05) is 6.54 Å². The van der Waals surface area contributed by atoms with Crippen LogP contribution in [-0.2, 0) is 4.79 Å². The molecular formula is C31H49N3O3. The standard InChI is InChI=1S/C31H49N3O3/c1-28(2,3)17-16-24(21-10-12-22(13-11-21)27(36)37)34-26(35)25(32-20-29(4,5)6)33-31(34)18-14-23(15-19-31)30(7,8)9/h10-13,23-24H,14-20H2,1-9H3,(H,32,33)(H,36,37). The highest BCUT2D eigenvalue weighted by molar-refractivity contribution is 6.40. The molecule has 2 aliphatic rings. The molecule has 1 aliphatic heterocycles. The Morgan fingerprint density at radius 3 is 2.05 bits per heavy atom. The molecule has 6 heteroatoms. The Labute approximate surface area is 224 Å². The third-order valence-corrected chi connectivity index (χ3v) is 8.00. The molecule has 2 N–H and O–H groups in total. The van der Waals surface area contributed by atoms with Gasteiger partial charge in [-0.05, 0) is 78.4 Å². The lowest BCUT2D eigenvalue weighted by atomic mass is 9.69. The van der Waals surface area contributed by atoms with E-state index in [0.717, 1.165) is 44.1 Å². The molecule has 6 nitrogen and oxygen atoms in total. The highest BCUT2D eigenvalue weighted by Crippen LogP contribution is 2.48. The van der Waals surface area contributed by atoms with Crippen LogP contribution in [0.3, 0.4) is 0 Å². The molecule has 2 fully saturated rings. The summed E-state index contributed by atoms with van der Waals surface area (Å²) in [6.45, 7) is 20.6. The van der Waals surface area contributed by atoms with Gasteiger partial charge in [0.1, 0.15) is 5.66 Å². The minimum absolute atomic E-state index is 0.0161. The van der Waals surface area contributed by atoms with Gasteiger partial charge < -0.3 is 15.3 Å². The van der Waals surface area contributed by atoms with Crippen LogP contribution in [0.15, 0.2) is 29.3 Å². The predicted molar refractivity (Wildman–Crippen MR) is 151 cm³/mol. The van der Waals surface area contributed by atoms with E-state index in [0.29, 0.717) is 18.3 Å². The Morgan fingerprint density at radius 1 is 1.03 bits per heavy atom. The highest BCUT2D eigenvalue weighted by Gasteiger charge is 2.54. The molecule has 1 spiro atoms. The molecule has 1 unspecified atom stereocenters. The van der Waals surface area contributed by atoms with Crippen LogP contribution in [0.4, 0.5) is 0 Å². The van der Waals surface area contributed by atoms with Gasteiger partial charge in [-0.15, -0.1) is 0 Å². The fourth-order valence-corrected chi connectivity index (χ4v) is 5.70. The second-order valence-corrected chi connectivity index (χ2v) is 14.7. The summed E-state index contributed by atoms with van der Waals surface area (Å²) in [6, 6.07) is 6.95. The quantitative estimate of drug-likeness (QED) is 0.428. The van der Waals surface area contributed by atoms with Crippen LogP contribution in [0.2, 0.25) is 0 Å². The highest BCUT2D eigenvalue weighted by atomic mass is 16.4. The number of amides is 1. The van der Waals surface area contributed by atoms with Crippen LogP contribution < -0.4 is 5.32 Å². The van der Waals surface area contributed by atoms with Crippen LogP contribution in [0, 0.1) is 22.2 Å². The summed E-state index contributed by atoms with van der Waals surface area (Å²) in [5.41, 5.74) is 1.10. The van der Waals surface area contributed by atoms with Crippen molar-refractivity contribution in [3.63, 3.8) is 0 Å². The zero-order valence-electron chi connectivity index (χ0n) is 24.6. The lowest BCUT2D eigenvalue weighted by Gasteiger charge is -2.48. The van der Waals surface area contributed by atoms with Gasteiger partial charge in [0.05, 0.1) is 11.6 Å². The number of carboxylic acid groups (broad SMARTS) is 1. The molecule has 1 amide bonds. The van der Waals surface area contributed by atoms with Crippen LogP contribution in [0.25, 0.3) is 0 Å². The second-order valence-electron chi connectivity index (χ2n) is 14.7. The van der Waals surface area contributed by atoms with Crippen LogP contribution in [0.5, 0.6) is 0 Å². The largest absolute Gasteiger partial charge is 0.478 e. The number of carboxylic acids is 1. The number of amidine groups is 1. The molecule has 1 aromatic rings. The summed E-state index contributed by atoms with van der Waals surface area (Å²) in [5.74, 6) is 0.118. The van der Waals surface area contributed by atoms with Crippen molar-refractivity contribution in [3.8, 4) is 0 Å². The number of hydrogen-bond donors (Lipinski definition) is 2. The van der Waals surface area contributed by atoms with Crippen molar-refractivity contribution in [1.82, 2.24) is 10.2 Å². The fourth-order valence-electron chi connectivity index (χ4n) is 5.70. The molecule has 1 aromatic carbocycles. The van der Waals surface area contributed by atoms with E-state index in [1.165, 1.54) is 0 Å². The van der Waals surface area contributed by atoms with E-state index < -0.39 is 11.6 Å². The second kappa shape index (κ2) is 10.4. The van der Waals surface area contributed by atoms with Crippen LogP contribution >= 0.6 is 0 Å². The number of rotatable bonds is 6. The normalized spacial score (nSPS) is 25.0. The summed E-state index contributed by atoms with van der Waals surface area (Å²) < 4.78 is 0. The summed E-state index contributed by atoms with van der Waals surface area (Å²) in [4.78, 5) is 32.5. The van der Waals surface area contributed by atoms with Gasteiger partial charge in [0.25, 0.3) is 5.91 Å². The van der Waals surface area contributed by atoms with Crippen LogP contribution in [-0.4, -0.2) is 39.9 Å². The Hall–Kier alpha value is -2.37. The number of hydrogen-bond acceptors (Lipinski definition) is 3. The number of nitrogens with zero attached hydrogens (tertiary/aromatic N) is 2.